The minimum atomic E-state index is -0.875. The van der Waals surface area contributed by atoms with Crippen molar-refractivity contribution < 1.29 is 9.90 Å². The Kier molecular flexibility index (Phi) is 2.24. The summed E-state index contributed by atoms with van der Waals surface area (Å²) in [5, 5.41) is 9.65. The number of rotatable bonds is 3. The summed E-state index contributed by atoms with van der Waals surface area (Å²) in [6, 6.07) is 7.72. The number of fused-ring (bicyclic) bond motifs is 1. The van der Waals surface area contributed by atoms with Gasteiger partial charge < -0.3 is 9.67 Å². The fraction of sp³-hybridized carbons (Fsp3) is 0.429. The molecule has 18 heavy (non-hydrogen) atoms. The molecule has 1 atom stereocenters. The molecule has 1 aliphatic carbocycles. The van der Waals surface area contributed by atoms with E-state index in [1.54, 1.807) is 0 Å². The van der Waals surface area contributed by atoms with Gasteiger partial charge in [-0.2, -0.15) is 0 Å². The third kappa shape index (κ3) is 1.38. The van der Waals surface area contributed by atoms with Crippen LogP contribution < -0.4 is 0 Å². The monoisotopic (exact) mass is 244 g/mol. The first kappa shape index (κ1) is 11.3. The molecule has 94 valence electrons. The average molecular weight is 244 g/mol. The zero-order valence-electron chi connectivity index (χ0n) is 10.6. The molecule has 0 radical (unpaired) electrons. The van der Waals surface area contributed by atoms with Gasteiger partial charge in [-0.05, 0) is 44.7 Å². The second-order valence-corrected chi connectivity index (χ2v) is 5.21. The molecule has 0 saturated heterocycles. The van der Waals surface area contributed by atoms with Gasteiger partial charge in [0.25, 0.3) is 0 Å². The number of carboxylic acid groups (broad SMARTS) is 1. The van der Waals surface area contributed by atoms with E-state index in [1.807, 2.05) is 42.7 Å². The summed E-state index contributed by atoms with van der Waals surface area (Å²) in [4.78, 5) is 16.2. The molecule has 1 aromatic carbocycles. The van der Waals surface area contributed by atoms with Gasteiger partial charge in [-0.1, -0.05) is 12.1 Å². The Morgan fingerprint density at radius 1 is 1.44 bits per heavy atom. The second kappa shape index (κ2) is 3.57. The standard InChI is InChI=1S/C14H16N2O2/c1-9-15-11-5-3-4-6-12(11)16(9)14(2,13(17)18)10-7-8-10/h3-6,10H,7-8H2,1-2H3,(H,17,18). The van der Waals surface area contributed by atoms with Crippen LogP contribution >= 0.6 is 0 Å². The molecule has 0 bridgehead atoms. The second-order valence-electron chi connectivity index (χ2n) is 5.21. The molecule has 4 nitrogen and oxygen atoms in total. The molecule has 4 heteroatoms. The number of carboxylic acids is 1. The Hall–Kier alpha value is -1.84. The van der Waals surface area contributed by atoms with E-state index in [-0.39, 0.29) is 5.92 Å². The van der Waals surface area contributed by atoms with Gasteiger partial charge in [0.2, 0.25) is 0 Å². The topological polar surface area (TPSA) is 55.1 Å². The van der Waals surface area contributed by atoms with Gasteiger partial charge in [0.1, 0.15) is 11.4 Å². The highest BCUT2D eigenvalue weighted by Gasteiger charge is 2.50. The Morgan fingerprint density at radius 3 is 2.72 bits per heavy atom. The molecule has 0 aliphatic heterocycles. The molecule has 3 rings (SSSR count). The number of imidazole rings is 1. The number of aliphatic carboxylic acids is 1. The number of carbonyl (C=O) groups is 1. The van der Waals surface area contributed by atoms with E-state index < -0.39 is 11.5 Å². The molecule has 1 heterocycles. The summed E-state index contributed by atoms with van der Waals surface area (Å²) in [6.45, 7) is 3.69. The SMILES string of the molecule is Cc1nc2ccccc2n1C(C)(C(=O)O)C1CC1. The minimum absolute atomic E-state index is 0.214. The Morgan fingerprint density at radius 2 is 2.11 bits per heavy atom. The van der Waals surface area contributed by atoms with Crippen molar-refractivity contribution in [3.8, 4) is 0 Å². The highest BCUT2D eigenvalue weighted by atomic mass is 16.4. The maximum absolute atomic E-state index is 11.7. The highest BCUT2D eigenvalue weighted by Crippen LogP contribution is 2.46. The van der Waals surface area contributed by atoms with Crippen molar-refractivity contribution in [3.63, 3.8) is 0 Å². The van der Waals surface area contributed by atoms with E-state index in [2.05, 4.69) is 4.98 Å². The van der Waals surface area contributed by atoms with E-state index in [0.29, 0.717) is 0 Å². The van der Waals surface area contributed by atoms with Crippen LogP contribution in [0.2, 0.25) is 0 Å². The molecule has 0 amide bonds. The lowest BCUT2D eigenvalue weighted by Crippen LogP contribution is -2.41. The van der Waals surface area contributed by atoms with Crippen LogP contribution in [0.4, 0.5) is 0 Å². The van der Waals surface area contributed by atoms with E-state index in [4.69, 9.17) is 0 Å². The number of hydrogen-bond acceptors (Lipinski definition) is 2. The lowest BCUT2D eigenvalue weighted by atomic mass is 9.95. The summed E-state index contributed by atoms with van der Waals surface area (Å²) < 4.78 is 1.89. The van der Waals surface area contributed by atoms with Crippen LogP contribution in [0.3, 0.4) is 0 Å². The van der Waals surface area contributed by atoms with Crippen molar-refractivity contribution in [2.75, 3.05) is 0 Å². The number of aromatic nitrogens is 2. The number of nitrogens with zero attached hydrogens (tertiary/aromatic N) is 2. The summed E-state index contributed by atoms with van der Waals surface area (Å²) in [7, 11) is 0. The van der Waals surface area contributed by atoms with Crippen LogP contribution in [0, 0.1) is 12.8 Å². The van der Waals surface area contributed by atoms with E-state index in [0.717, 1.165) is 29.7 Å². The average Bonchev–Trinajstić information content (AvgIpc) is 3.11. The summed E-state index contributed by atoms with van der Waals surface area (Å²) in [6.07, 6.45) is 1.96. The maximum Gasteiger partial charge on any atom is 0.329 e. The predicted molar refractivity (Wildman–Crippen MR) is 68.5 cm³/mol. The van der Waals surface area contributed by atoms with Crippen LogP contribution in [-0.2, 0) is 10.3 Å². The first-order chi connectivity index (χ1) is 8.55. The van der Waals surface area contributed by atoms with Gasteiger partial charge in [-0.25, -0.2) is 9.78 Å². The molecule has 1 aromatic heterocycles. The smallest absolute Gasteiger partial charge is 0.329 e. The fourth-order valence-electron chi connectivity index (χ4n) is 2.83. The molecular weight excluding hydrogens is 228 g/mol. The van der Waals surface area contributed by atoms with Crippen molar-refractivity contribution in [2.45, 2.75) is 32.2 Å². The minimum Gasteiger partial charge on any atom is -0.479 e. The molecule has 1 aliphatic rings. The first-order valence-corrected chi connectivity index (χ1v) is 6.23. The van der Waals surface area contributed by atoms with E-state index >= 15 is 0 Å². The van der Waals surface area contributed by atoms with Gasteiger partial charge in [0, 0.05) is 0 Å². The Labute approximate surface area is 105 Å². The van der Waals surface area contributed by atoms with E-state index in [9.17, 15) is 9.90 Å². The summed E-state index contributed by atoms with van der Waals surface area (Å²) in [5.74, 6) is 0.218. The predicted octanol–water partition coefficient (Wildman–Crippen LogP) is 2.55. The third-order valence-electron chi connectivity index (χ3n) is 4.00. The quantitative estimate of drug-likeness (QED) is 0.902. The van der Waals surface area contributed by atoms with Crippen molar-refractivity contribution in [2.24, 2.45) is 5.92 Å². The number of aryl methyl sites for hydroxylation is 1. The van der Waals surface area contributed by atoms with Crippen molar-refractivity contribution >= 4 is 17.0 Å². The summed E-state index contributed by atoms with van der Waals surface area (Å²) >= 11 is 0. The molecule has 1 unspecified atom stereocenters. The fourth-order valence-corrected chi connectivity index (χ4v) is 2.83. The van der Waals surface area contributed by atoms with E-state index in [1.165, 1.54) is 0 Å². The molecule has 0 spiro atoms. The molecule has 1 fully saturated rings. The van der Waals surface area contributed by atoms with Gasteiger partial charge in [0.15, 0.2) is 0 Å². The third-order valence-corrected chi connectivity index (χ3v) is 4.00. The molecular formula is C14H16N2O2. The van der Waals surface area contributed by atoms with Gasteiger partial charge >= 0.3 is 5.97 Å². The lowest BCUT2D eigenvalue weighted by Gasteiger charge is -2.28. The van der Waals surface area contributed by atoms with Gasteiger partial charge in [0.05, 0.1) is 11.0 Å². The zero-order valence-corrected chi connectivity index (χ0v) is 10.6. The Bertz CT molecular complexity index is 628. The number of hydrogen-bond donors (Lipinski definition) is 1. The molecule has 1 N–H and O–H groups in total. The lowest BCUT2D eigenvalue weighted by molar-refractivity contribution is -0.147. The first-order valence-electron chi connectivity index (χ1n) is 6.23. The van der Waals surface area contributed by atoms with Crippen LogP contribution in [0.25, 0.3) is 11.0 Å². The molecule has 1 saturated carbocycles. The Balaban J connectivity index is 2.29. The maximum atomic E-state index is 11.7. The highest BCUT2D eigenvalue weighted by molar-refractivity contribution is 5.83. The van der Waals surface area contributed by atoms with Crippen LogP contribution in [0.15, 0.2) is 24.3 Å². The van der Waals surface area contributed by atoms with Crippen LogP contribution in [0.1, 0.15) is 25.6 Å². The van der Waals surface area contributed by atoms with Gasteiger partial charge in [-0.15, -0.1) is 0 Å². The number of para-hydroxylation sites is 2. The van der Waals surface area contributed by atoms with Crippen molar-refractivity contribution in [1.29, 1.82) is 0 Å². The number of benzene rings is 1. The van der Waals surface area contributed by atoms with Gasteiger partial charge in [-0.3, -0.25) is 0 Å². The normalized spacial score (nSPS) is 18.8. The summed E-state index contributed by atoms with van der Waals surface area (Å²) in [5.41, 5.74) is 0.898. The van der Waals surface area contributed by atoms with Crippen LogP contribution in [0.5, 0.6) is 0 Å². The molecule has 2 aromatic rings. The van der Waals surface area contributed by atoms with Crippen molar-refractivity contribution in [3.05, 3.63) is 30.1 Å². The van der Waals surface area contributed by atoms with Crippen LogP contribution in [-0.4, -0.2) is 20.6 Å². The zero-order chi connectivity index (χ0) is 12.9. The largest absolute Gasteiger partial charge is 0.479 e. The van der Waals surface area contributed by atoms with Crippen molar-refractivity contribution in [1.82, 2.24) is 9.55 Å².